The molecule has 0 unspecified atom stereocenters. The van der Waals surface area contributed by atoms with Crippen molar-refractivity contribution in [1.82, 2.24) is 9.80 Å². The number of nitrogens with two attached hydrogens (primary N) is 1. The Hall–Kier alpha value is -2.91. The number of nitrogens with one attached hydrogen (secondary N) is 1. The van der Waals surface area contributed by atoms with Crippen LogP contribution in [0.15, 0.2) is 30.0 Å². The number of rotatable bonds is 6. The van der Waals surface area contributed by atoms with Crippen molar-refractivity contribution in [2.45, 2.75) is 0 Å². The Kier molecular flexibility index (Phi) is 5.43. The molecule has 0 aromatic heterocycles. The topological polar surface area (TPSA) is 119 Å². The average molecular weight is 373 g/mol. The lowest BCUT2D eigenvalue weighted by atomic mass is 10.1. The van der Waals surface area contributed by atoms with Crippen LogP contribution in [0.5, 0.6) is 0 Å². The summed E-state index contributed by atoms with van der Waals surface area (Å²) in [6, 6.07) is 5.03. The second kappa shape index (κ2) is 7.77. The van der Waals surface area contributed by atoms with Crippen LogP contribution >= 0.6 is 0 Å². The molecule has 3 rings (SSSR count). The SMILES string of the molecule is CN1CCN(c2ccc(C(N)=O)cc2NC2=CC(=O)N(CCO)C2=O)CC1. The number of aliphatic hydroxyl groups excluding tert-OH is 1. The van der Waals surface area contributed by atoms with Gasteiger partial charge < -0.3 is 26.0 Å². The summed E-state index contributed by atoms with van der Waals surface area (Å²) >= 11 is 0. The van der Waals surface area contributed by atoms with Crippen LogP contribution in [0.3, 0.4) is 0 Å². The fraction of sp³-hybridized carbons (Fsp3) is 0.389. The van der Waals surface area contributed by atoms with Gasteiger partial charge in [-0.25, -0.2) is 0 Å². The number of benzene rings is 1. The molecule has 4 N–H and O–H groups in total. The lowest BCUT2D eigenvalue weighted by molar-refractivity contribution is -0.137. The van der Waals surface area contributed by atoms with E-state index >= 15 is 0 Å². The van der Waals surface area contributed by atoms with Crippen molar-refractivity contribution in [3.63, 3.8) is 0 Å². The average Bonchev–Trinajstić information content (AvgIpc) is 2.90. The number of β-amino-alcohol motifs (C(OH)–C–C–N with tert-alkyl or cyclic N) is 1. The number of primary amides is 1. The van der Waals surface area contributed by atoms with E-state index in [1.54, 1.807) is 18.2 Å². The van der Waals surface area contributed by atoms with Crippen molar-refractivity contribution < 1.29 is 19.5 Å². The van der Waals surface area contributed by atoms with Crippen LogP contribution < -0.4 is 16.0 Å². The molecule has 2 aliphatic rings. The summed E-state index contributed by atoms with van der Waals surface area (Å²) in [7, 11) is 2.05. The summed E-state index contributed by atoms with van der Waals surface area (Å²) in [6.45, 7) is 3.00. The van der Waals surface area contributed by atoms with E-state index in [4.69, 9.17) is 10.8 Å². The number of aliphatic hydroxyl groups is 1. The molecule has 144 valence electrons. The molecule has 1 aromatic rings. The highest BCUT2D eigenvalue weighted by atomic mass is 16.3. The quantitative estimate of drug-likeness (QED) is 0.558. The molecule has 0 bridgehead atoms. The Balaban J connectivity index is 1.90. The number of carbonyl (C=O) groups excluding carboxylic acids is 3. The maximum atomic E-state index is 12.4. The third-order valence-electron chi connectivity index (χ3n) is 4.73. The predicted octanol–water partition coefficient (Wildman–Crippen LogP) is -0.806. The van der Waals surface area contributed by atoms with Gasteiger partial charge in [0.05, 0.1) is 24.5 Å². The van der Waals surface area contributed by atoms with E-state index in [2.05, 4.69) is 22.2 Å². The first-order valence-corrected chi connectivity index (χ1v) is 8.73. The highest BCUT2D eigenvalue weighted by Gasteiger charge is 2.31. The Morgan fingerprint density at radius 1 is 1.22 bits per heavy atom. The number of likely N-dealkylation sites (N-methyl/N-ethyl adjacent to an activating group) is 1. The highest BCUT2D eigenvalue weighted by molar-refractivity contribution is 6.17. The predicted molar refractivity (Wildman–Crippen MR) is 100 cm³/mol. The number of carbonyl (C=O) groups is 3. The minimum atomic E-state index is -0.576. The lowest BCUT2D eigenvalue weighted by Gasteiger charge is -2.35. The molecule has 1 aromatic carbocycles. The van der Waals surface area contributed by atoms with Gasteiger partial charge in [-0.1, -0.05) is 0 Å². The summed E-state index contributed by atoms with van der Waals surface area (Å²) in [6.07, 6.45) is 1.20. The van der Waals surface area contributed by atoms with Gasteiger partial charge in [0.15, 0.2) is 0 Å². The van der Waals surface area contributed by atoms with Gasteiger partial charge in [-0.3, -0.25) is 19.3 Å². The summed E-state index contributed by atoms with van der Waals surface area (Å²) in [4.78, 5) is 41.3. The van der Waals surface area contributed by atoms with Crippen molar-refractivity contribution in [2.75, 3.05) is 56.6 Å². The molecule has 0 atom stereocenters. The van der Waals surface area contributed by atoms with Gasteiger partial charge in [-0.2, -0.15) is 0 Å². The Labute approximate surface area is 157 Å². The van der Waals surface area contributed by atoms with Crippen LogP contribution in [0.2, 0.25) is 0 Å². The standard InChI is InChI=1S/C18H23N5O4/c1-21-4-6-22(7-5-21)15-3-2-12(17(19)26)10-13(15)20-14-11-16(25)23(8-9-24)18(14)27/h2-3,10-11,20,24H,4-9H2,1H3,(H2,19,26). The number of nitrogens with zero attached hydrogens (tertiary/aromatic N) is 3. The molecule has 0 spiro atoms. The Bertz CT molecular complexity index is 799. The molecule has 0 radical (unpaired) electrons. The second-order valence-corrected chi connectivity index (χ2v) is 6.59. The molecule has 9 heteroatoms. The third kappa shape index (κ3) is 3.93. The molecule has 2 aliphatic heterocycles. The van der Waals surface area contributed by atoms with Crippen LogP contribution in [0.4, 0.5) is 11.4 Å². The zero-order valence-corrected chi connectivity index (χ0v) is 15.1. The summed E-state index contributed by atoms with van der Waals surface area (Å²) in [5.74, 6) is -1.57. The first-order chi connectivity index (χ1) is 12.9. The molecule has 3 amide bonds. The van der Waals surface area contributed by atoms with Crippen molar-refractivity contribution in [1.29, 1.82) is 0 Å². The van der Waals surface area contributed by atoms with Gasteiger partial charge in [0.2, 0.25) is 5.91 Å². The first-order valence-electron chi connectivity index (χ1n) is 8.73. The van der Waals surface area contributed by atoms with Gasteiger partial charge in [0.25, 0.3) is 11.8 Å². The molecule has 0 aliphatic carbocycles. The number of piperazine rings is 1. The van der Waals surface area contributed by atoms with E-state index in [-0.39, 0.29) is 18.8 Å². The van der Waals surface area contributed by atoms with E-state index in [1.807, 2.05) is 0 Å². The number of imide groups is 1. The smallest absolute Gasteiger partial charge is 0.277 e. The van der Waals surface area contributed by atoms with Crippen LogP contribution in [0.1, 0.15) is 10.4 Å². The molecular weight excluding hydrogens is 350 g/mol. The Morgan fingerprint density at radius 3 is 2.56 bits per heavy atom. The van der Waals surface area contributed by atoms with Gasteiger partial charge >= 0.3 is 0 Å². The minimum absolute atomic E-state index is 0.0635. The molecule has 0 saturated carbocycles. The van der Waals surface area contributed by atoms with E-state index in [9.17, 15) is 14.4 Å². The third-order valence-corrected chi connectivity index (χ3v) is 4.73. The van der Waals surface area contributed by atoms with E-state index < -0.39 is 17.7 Å². The van der Waals surface area contributed by atoms with E-state index in [0.717, 1.165) is 36.8 Å². The number of anilines is 2. The molecule has 2 heterocycles. The zero-order valence-electron chi connectivity index (χ0n) is 15.1. The maximum absolute atomic E-state index is 12.4. The summed E-state index contributed by atoms with van der Waals surface area (Å²) < 4.78 is 0. The minimum Gasteiger partial charge on any atom is -0.395 e. The largest absolute Gasteiger partial charge is 0.395 e. The molecular formula is C18H23N5O4. The van der Waals surface area contributed by atoms with Crippen LogP contribution in [0, 0.1) is 0 Å². The van der Waals surface area contributed by atoms with Gasteiger partial charge in [0.1, 0.15) is 5.70 Å². The van der Waals surface area contributed by atoms with Gasteiger partial charge in [-0.05, 0) is 25.2 Å². The van der Waals surface area contributed by atoms with E-state index in [0.29, 0.717) is 11.3 Å². The van der Waals surface area contributed by atoms with Gasteiger partial charge in [-0.15, -0.1) is 0 Å². The zero-order chi connectivity index (χ0) is 19.6. The van der Waals surface area contributed by atoms with Crippen LogP contribution in [-0.2, 0) is 9.59 Å². The maximum Gasteiger partial charge on any atom is 0.277 e. The normalized spacial score (nSPS) is 18.1. The van der Waals surface area contributed by atoms with Crippen LogP contribution in [-0.4, -0.2) is 79.0 Å². The first kappa shape index (κ1) is 18.9. The number of hydrogen-bond donors (Lipinski definition) is 3. The molecule has 9 nitrogen and oxygen atoms in total. The monoisotopic (exact) mass is 373 g/mol. The molecule has 27 heavy (non-hydrogen) atoms. The fourth-order valence-electron chi connectivity index (χ4n) is 3.17. The molecule has 1 saturated heterocycles. The van der Waals surface area contributed by atoms with Crippen molar-refractivity contribution in [2.24, 2.45) is 5.73 Å². The summed E-state index contributed by atoms with van der Waals surface area (Å²) in [5.41, 5.74) is 7.16. The van der Waals surface area contributed by atoms with Crippen LogP contribution in [0.25, 0.3) is 0 Å². The fourth-order valence-corrected chi connectivity index (χ4v) is 3.17. The second-order valence-electron chi connectivity index (χ2n) is 6.59. The number of amides is 3. The van der Waals surface area contributed by atoms with Crippen molar-refractivity contribution in [3.05, 3.63) is 35.5 Å². The summed E-state index contributed by atoms with van der Waals surface area (Å²) in [5, 5.41) is 12.0. The number of hydrogen-bond acceptors (Lipinski definition) is 7. The highest BCUT2D eigenvalue weighted by Crippen LogP contribution is 2.30. The van der Waals surface area contributed by atoms with Gasteiger partial charge in [0, 0.05) is 37.8 Å². The van der Waals surface area contributed by atoms with Crippen molar-refractivity contribution in [3.8, 4) is 0 Å². The Morgan fingerprint density at radius 2 is 1.93 bits per heavy atom. The molecule has 1 fully saturated rings. The van der Waals surface area contributed by atoms with E-state index in [1.165, 1.54) is 6.08 Å². The van der Waals surface area contributed by atoms with Crippen molar-refractivity contribution >= 4 is 29.1 Å². The lowest BCUT2D eigenvalue weighted by Crippen LogP contribution is -2.44.